The van der Waals surface area contributed by atoms with Crippen molar-refractivity contribution in [1.82, 2.24) is 13.6 Å². The summed E-state index contributed by atoms with van der Waals surface area (Å²) in [5, 5.41) is 0. The minimum Gasteiger partial charge on any atom is -0.470 e. The molecule has 164 valence electrons. The average molecular weight is 431 g/mol. The highest BCUT2D eigenvalue weighted by Crippen LogP contribution is 2.26. The molecule has 10 nitrogen and oxygen atoms in total. The zero-order valence-corrected chi connectivity index (χ0v) is 18.5. The highest BCUT2D eigenvalue weighted by Gasteiger charge is 2.26. The van der Waals surface area contributed by atoms with Gasteiger partial charge in [0.05, 0.1) is 24.9 Å². The van der Waals surface area contributed by atoms with E-state index in [1.54, 1.807) is 0 Å². The van der Waals surface area contributed by atoms with Crippen molar-refractivity contribution in [2.45, 2.75) is 39.3 Å². The molecule has 2 rings (SSSR count). The Balaban J connectivity index is 2.00. The molecule has 0 saturated carbocycles. The van der Waals surface area contributed by atoms with E-state index in [0.717, 1.165) is 24.8 Å². The third-order valence-corrected chi connectivity index (χ3v) is 4.97. The van der Waals surface area contributed by atoms with Crippen molar-refractivity contribution in [1.29, 1.82) is 0 Å². The molecule has 0 radical (unpaired) electrons. The highest BCUT2D eigenvalue weighted by atomic mass is 32.1. The highest BCUT2D eigenvalue weighted by molar-refractivity contribution is 6.99. The molecule has 1 atom stereocenters. The van der Waals surface area contributed by atoms with E-state index in [4.69, 9.17) is 18.9 Å². The topological polar surface area (TPSA) is 103 Å². The molecule has 1 aliphatic rings. The van der Waals surface area contributed by atoms with Crippen LogP contribution in [0.2, 0.25) is 0 Å². The van der Waals surface area contributed by atoms with Gasteiger partial charge >= 0.3 is 11.9 Å². The standard InChI is InChI=1S/C18H30N4O6S/c1-13(23)26-12-15(24)28-14(10-21(5)18(2,3)4)11-27-17-16(19-29-20-17)22-6-8-25-9-7-22/h14H,6-12H2,1-5H3/t14-/m0/s1. The summed E-state index contributed by atoms with van der Waals surface area (Å²) in [5.74, 6) is -0.0741. The first-order chi connectivity index (χ1) is 13.7. The number of anilines is 1. The number of hydrogen-bond donors (Lipinski definition) is 0. The van der Waals surface area contributed by atoms with Crippen LogP contribution in [-0.2, 0) is 23.8 Å². The fourth-order valence-electron chi connectivity index (χ4n) is 2.49. The van der Waals surface area contributed by atoms with Crippen molar-refractivity contribution < 1.29 is 28.5 Å². The maximum absolute atomic E-state index is 12.0. The van der Waals surface area contributed by atoms with Crippen molar-refractivity contribution in [2.24, 2.45) is 0 Å². The smallest absolute Gasteiger partial charge is 0.344 e. The molecule has 0 aliphatic carbocycles. The lowest BCUT2D eigenvalue weighted by molar-refractivity contribution is -0.163. The van der Waals surface area contributed by atoms with Gasteiger partial charge in [-0.05, 0) is 27.8 Å². The summed E-state index contributed by atoms with van der Waals surface area (Å²) in [6.07, 6.45) is -0.568. The van der Waals surface area contributed by atoms with Crippen LogP contribution in [0, 0.1) is 0 Å². The lowest BCUT2D eigenvalue weighted by atomic mass is 10.1. The first kappa shape index (κ1) is 23.3. The number of nitrogens with zero attached hydrogens (tertiary/aromatic N) is 4. The molecule has 0 N–H and O–H groups in total. The normalized spacial score (nSPS) is 15.9. The molecule has 29 heavy (non-hydrogen) atoms. The summed E-state index contributed by atoms with van der Waals surface area (Å²) < 4.78 is 30.0. The van der Waals surface area contributed by atoms with Crippen LogP contribution in [0.15, 0.2) is 0 Å². The quantitative estimate of drug-likeness (QED) is 0.526. The van der Waals surface area contributed by atoms with Crippen molar-refractivity contribution >= 4 is 29.5 Å². The molecule has 1 aromatic rings. The van der Waals surface area contributed by atoms with Crippen LogP contribution in [0.5, 0.6) is 5.88 Å². The summed E-state index contributed by atoms with van der Waals surface area (Å²) in [5.41, 5.74) is -0.123. The van der Waals surface area contributed by atoms with E-state index in [2.05, 4.69) is 39.3 Å². The SMILES string of the molecule is CC(=O)OCC(=O)O[C@H](COc1nsnc1N1CCOCC1)CN(C)C(C)(C)C. The third-order valence-electron chi connectivity index (χ3n) is 4.47. The maximum Gasteiger partial charge on any atom is 0.344 e. The predicted octanol–water partition coefficient (Wildman–Crippen LogP) is 0.959. The predicted molar refractivity (Wildman–Crippen MR) is 107 cm³/mol. The molecule has 0 bridgehead atoms. The Bertz CT molecular complexity index is 672. The van der Waals surface area contributed by atoms with Crippen LogP contribution in [0.25, 0.3) is 0 Å². The Hall–Kier alpha value is -1.98. The minimum absolute atomic E-state index is 0.106. The van der Waals surface area contributed by atoms with E-state index < -0.39 is 24.6 Å². The Morgan fingerprint density at radius 3 is 2.59 bits per heavy atom. The fourth-order valence-corrected chi connectivity index (χ4v) is 3.01. The molecular formula is C18H30N4O6S. The van der Waals surface area contributed by atoms with Gasteiger partial charge in [0.1, 0.15) is 12.7 Å². The molecule has 0 unspecified atom stereocenters. The van der Waals surface area contributed by atoms with E-state index >= 15 is 0 Å². The van der Waals surface area contributed by atoms with Crippen molar-refractivity contribution in [2.75, 3.05) is 58.0 Å². The van der Waals surface area contributed by atoms with Gasteiger partial charge in [-0.25, -0.2) is 4.79 Å². The Labute approximate surface area is 175 Å². The summed E-state index contributed by atoms with van der Waals surface area (Å²) in [6.45, 7) is 10.2. The monoisotopic (exact) mass is 430 g/mol. The van der Waals surface area contributed by atoms with Gasteiger partial charge in [0.2, 0.25) is 5.82 Å². The molecule has 0 spiro atoms. The molecule has 1 aliphatic heterocycles. The Kier molecular flexibility index (Phi) is 8.60. The third kappa shape index (κ3) is 7.75. The van der Waals surface area contributed by atoms with Gasteiger partial charge in [0.25, 0.3) is 5.88 Å². The van der Waals surface area contributed by atoms with Gasteiger partial charge in [0.15, 0.2) is 6.61 Å². The summed E-state index contributed by atoms with van der Waals surface area (Å²) in [4.78, 5) is 27.1. The summed E-state index contributed by atoms with van der Waals surface area (Å²) in [7, 11) is 1.94. The van der Waals surface area contributed by atoms with Gasteiger partial charge in [0, 0.05) is 32.1 Å². The van der Waals surface area contributed by atoms with Gasteiger partial charge in [-0.15, -0.1) is 4.37 Å². The van der Waals surface area contributed by atoms with Crippen LogP contribution in [0.1, 0.15) is 27.7 Å². The number of ether oxygens (including phenoxy) is 4. The van der Waals surface area contributed by atoms with E-state index in [1.807, 2.05) is 7.05 Å². The second-order valence-corrected chi connectivity index (χ2v) is 8.28. The van der Waals surface area contributed by atoms with Gasteiger partial charge in [-0.1, -0.05) is 0 Å². The largest absolute Gasteiger partial charge is 0.470 e. The molecule has 1 fully saturated rings. The number of rotatable bonds is 9. The number of aromatic nitrogens is 2. The van der Waals surface area contributed by atoms with Crippen LogP contribution < -0.4 is 9.64 Å². The van der Waals surface area contributed by atoms with E-state index in [-0.39, 0.29) is 12.1 Å². The van der Waals surface area contributed by atoms with Crippen molar-refractivity contribution in [3.05, 3.63) is 0 Å². The molecule has 1 aromatic heterocycles. The van der Waals surface area contributed by atoms with Crippen molar-refractivity contribution in [3.63, 3.8) is 0 Å². The van der Waals surface area contributed by atoms with Gasteiger partial charge < -0.3 is 23.8 Å². The zero-order chi connectivity index (χ0) is 21.4. The number of carbonyl (C=O) groups is 2. The molecule has 0 aromatic carbocycles. The molecule has 1 saturated heterocycles. The van der Waals surface area contributed by atoms with Crippen molar-refractivity contribution in [3.8, 4) is 5.88 Å². The Morgan fingerprint density at radius 2 is 1.97 bits per heavy atom. The van der Waals surface area contributed by atoms with E-state index in [0.29, 0.717) is 31.5 Å². The molecule has 0 amide bonds. The number of esters is 2. The second-order valence-electron chi connectivity index (χ2n) is 7.75. The lowest BCUT2D eigenvalue weighted by Crippen LogP contribution is -2.45. The number of hydrogen-bond acceptors (Lipinski definition) is 11. The number of morpholine rings is 1. The second kappa shape index (κ2) is 10.7. The van der Waals surface area contributed by atoms with Crippen LogP contribution >= 0.6 is 11.7 Å². The van der Waals surface area contributed by atoms with E-state index in [1.165, 1.54) is 6.92 Å². The molecular weight excluding hydrogens is 400 g/mol. The van der Waals surface area contributed by atoms with Crippen LogP contribution in [0.3, 0.4) is 0 Å². The van der Waals surface area contributed by atoms with Gasteiger partial charge in [-0.3, -0.25) is 9.69 Å². The lowest BCUT2D eigenvalue weighted by Gasteiger charge is -2.34. The number of likely N-dealkylation sites (N-methyl/N-ethyl adjacent to an activating group) is 1. The molecule has 2 heterocycles. The number of carbonyl (C=O) groups excluding carboxylic acids is 2. The van der Waals surface area contributed by atoms with E-state index in [9.17, 15) is 9.59 Å². The maximum atomic E-state index is 12.0. The summed E-state index contributed by atoms with van der Waals surface area (Å²) >= 11 is 1.07. The summed E-state index contributed by atoms with van der Waals surface area (Å²) in [6, 6.07) is 0. The average Bonchev–Trinajstić information content (AvgIpc) is 3.13. The van der Waals surface area contributed by atoms with Crippen LogP contribution in [0.4, 0.5) is 5.82 Å². The Morgan fingerprint density at radius 1 is 1.28 bits per heavy atom. The first-order valence-corrected chi connectivity index (χ1v) is 10.2. The fraction of sp³-hybridized carbons (Fsp3) is 0.778. The zero-order valence-electron chi connectivity index (χ0n) is 17.7. The first-order valence-electron chi connectivity index (χ1n) is 9.49. The van der Waals surface area contributed by atoms with Crippen LogP contribution in [-0.4, -0.2) is 90.3 Å². The minimum atomic E-state index is -0.624. The molecule has 11 heteroatoms. The van der Waals surface area contributed by atoms with Gasteiger partial charge in [-0.2, -0.15) is 4.37 Å².